The predicted molar refractivity (Wildman–Crippen MR) is 129 cm³/mol. The average molecular weight is 485 g/mol. The molecule has 1 fully saturated rings. The molecule has 3 aromatic rings. The zero-order chi connectivity index (χ0) is 24.6. The molecule has 1 N–H and O–H groups in total. The van der Waals surface area contributed by atoms with Crippen LogP contribution in [0, 0.1) is 5.92 Å². The molecule has 0 saturated carbocycles. The second-order valence-corrected chi connectivity index (χ2v) is 10.6. The van der Waals surface area contributed by atoms with Gasteiger partial charge in [0.2, 0.25) is 15.9 Å². The Balaban J connectivity index is 1.74. The van der Waals surface area contributed by atoms with Gasteiger partial charge in [0.15, 0.2) is 0 Å². The Kier molecular flexibility index (Phi) is 6.46. The lowest BCUT2D eigenvalue weighted by molar-refractivity contribution is -0.134. The van der Waals surface area contributed by atoms with Gasteiger partial charge in [-0.05, 0) is 42.5 Å². The first kappa shape index (κ1) is 23.9. The van der Waals surface area contributed by atoms with Crippen LogP contribution in [-0.4, -0.2) is 41.4 Å². The highest BCUT2D eigenvalue weighted by molar-refractivity contribution is 7.89. The maximum Gasteiger partial charge on any atom is 0.330 e. The van der Waals surface area contributed by atoms with Crippen molar-refractivity contribution in [3.8, 4) is 0 Å². The van der Waals surface area contributed by atoms with E-state index >= 15 is 0 Å². The Morgan fingerprint density at radius 1 is 1.00 bits per heavy atom. The number of aryl methyl sites for hydroxylation is 1. The molecule has 4 rings (SSSR count). The number of piperidine rings is 1. The minimum Gasteiger partial charge on any atom is -0.341 e. The smallest absolute Gasteiger partial charge is 0.330 e. The molecular weight excluding hydrogens is 456 g/mol. The Hall–Kier alpha value is -3.24. The van der Waals surface area contributed by atoms with Crippen molar-refractivity contribution in [2.24, 2.45) is 20.0 Å². The van der Waals surface area contributed by atoms with Gasteiger partial charge >= 0.3 is 5.69 Å². The largest absolute Gasteiger partial charge is 0.341 e. The molecular formula is C24H28N4O5S. The Labute approximate surface area is 197 Å². The van der Waals surface area contributed by atoms with E-state index in [-0.39, 0.29) is 16.2 Å². The quantitative estimate of drug-likeness (QED) is 0.590. The number of nitrogens with zero attached hydrogens (tertiary/aromatic N) is 3. The summed E-state index contributed by atoms with van der Waals surface area (Å²) in [6.45, 7) is 3.29. The van der Waals surface area contributed by atoms with Crippen LogP contribution >= 0.6 is 0 Å². The lowest BCUT2D eigenvalue weighted by atomic mass is 9.98. The number of carbonyl (C=O) groups excluding carboxylic acids is 1. The highest BCUT2D eigenvalue weighted by Gasteiger charge is 2.32. The Bertz CT molecular complexity index is 1450. The van der Waals surface area contributed by atoms with E-state index in [1.165, 1.54) is 36.9 Å². The molecule has 2 heterocycles. The zero-order valence-electron chi connectivity index (χ0n) is 19.4. The van der Waals surface area contributed by atoms with E-state index in [1.807, 2.05) is 0 Å². The van der Waals surface area contributed by atoms with Crippen LogP contribution in [0.2, 0.25) is 0 Å². The van der Waals surface area contributed by atoms with Gasteiger partial charge < -0.3 is 4.90 Å². The number of nitrogens with one attached hydrogen (secondary N) is 1. The number of hydrogen-bond acceptors (Lipinski definition) is 5. The average Bonchev–Trinajstić information content (AvgIpc) is 2.85. The zero-order valence-corrected chi connectivity index (χ0v) is 20.2. The molecule has 0 spiro atoms. The van der Waals surface area contributed by atoms with Crippen molar-refractivity contribution in [1.29, 1.82) is 0 Å². The fourth-order valence-electron chi connectivity index (χ4n) is 4.28. The summed E-state index contributed by atoms with van der Waals surface area (Å²) in [6.07, 6.45) is 1.74. The molecule has 1 aromatic heterocycles. The molecule has 9 nitrogen and oxygen atoms in total. The van der Waals surface area contributed by atoms with Gasteiger partial charge in [0.25, 0.3) is 5.56 Å². The molecule has 34 heavy (non-hydrogen) atoms. The van der Waals surface area contributed by atoms with E-state index < -0.39 is 27.3 Å². The van der Waals surface area contributed by atoms with E-state index in [4.69, 9.17) is 0 Å². The highest BCUT2D eigenvalue weighted by Crippen LogP contribution is 2.24. The van der Waals surface area contributed by atoms with E-state index in [0.717, 1.165) is 17.4 Å². The van der Waals surface area contributed by atoms with Crippen LogP contribution in [0.25, 0.3) is 10.9 Å². The summed E-state index contributed by atoms with van der Waals surface area (Å²) in [7, 11) is -1.32. The summed E-state index contributed by atoms with van der Waals surface area (Å²) in [5.41, 5.74) is -0.232. The molecule has 1 atom stereocenters. The standard InChI is InChI=1S/C24H28N4O5S/c1-16-11-13-28(14-12-16)23(30)21(17-7-5-4-6-8-17)25-34(32,33)18-9-10-20-19(15-18)22(29)27(3)24(31)26(20)2/h4-10,15-16,21,25H,11-14H2,1-3H3/t21-/m0/s1. The van der Waals surface area contributed by atoms with Gasteiger partial charge in [0.05, 0.1) is 15.8 Å². The minimum atomic E-state index is -4.18. The number of benzene rings is 2. The first-order chi connectivity index (χ1) is 16.1. The second-order valence-electron chi connectivity index (χ2n) is 8.86. The number of amides is 1. The minimum absolute atomic E-state index is 0.0973. The van der Waals surface area contributed by atoms with Crippen molar-refractivity contribution in [1.82, 2.24) is 18.8 Å². The number of likely N-dealkylation sites (tertiary alicyclic amines) is 1. The third kappa shape index (κ3) is 4.43. The van der Waals surface area contributed by atoms with Crippen molar-refractivity contribution in [3.63, 3.8) is 0 Å². The summed E-state index contributed by atoms with van der Waals surface area (Å²) < 4.78 is 31.6. The van der Waals surface area contributed by atoms with E-state index in [9.17, 15) is 22.8 Å². The van der Waals surface area contributed by atoms with Gasteiger partial charge in [-0.15, -0.1) is 0 Å². The van der Waals surface area contributed by atoms with Crippen LogP contribution in [0.15, 0.2) is 63.0 Å². The molecule has 180 valence electrons. The summed E-state index contributed by atoms with van der Waals surface area (Å²) >= 11 is 0. The van der Waals surface area contributed by atoms with Crippen LogP contribution in [0.1, 0.15) is 31.4 Å². The van der Waals surface area contributed by atoms with E-state index in [2.05, 4.69) is 11.6 Å². The maximum absolute atomic E-state index is 13.4. The van der Waals surface area contributed by atoms with Gasteiger partial charge in [0, 0.05) is 27.2 Å². The molecule has 1 aliphatic heterocycles. The molecule has 1 aliphatic rings. The first-order valence-corrected chi connectivity index (χ1v) is 12.6. The predicted octanol–water partition coefficient (Wildman–Crippen LogP) is 1.52. The summed E-state index contributed by atoms with van der Waals surface area (Å²) in [5, 5.41) is 0.0973. The Morgan fingerprint density at radius 2 is 1.65 bits per heavy atom. The van der Waals surface area contributed by atoms with Crippen LogP contribution in [0.3, 0.4) is 0 Å². The summed E-state index contributed by atoms with van der Waals surface area (Å²) in [4.78, 5) is 39.8. The van der Waals surface area contributed by atoms with Crippen LogP contribution in [-0.2, 0) is 28.9 Å². The topological polar surface area (TPSA) is 110 Å². The molecule has 0 bridgehead atoms. The molecule has 0 unspecified atom stereocenters. The van der Waals surface area contributed by atoms with Gasteiger partial charge in [-0.3, -0.25) is 18.7 Å². The van der Waals surface area contributed by atoms with E-state index in [1.54, 1.807) is 35.2 Å². The molecule has 1 amide bonds. The van der Waals surface area contributed by atoms with Crippen molar-refractivity contribution in [3.05, 3.63) is 74.9 Å². The van der Waals surface area contributed by atoms with Crippen molar-refractivity contribution < 1.29 is 13.2 Å². The number of hydrogen-bond donors (Lipinski definition) is 1. The van der Waals surface area contributed by atoms with Gasteiger partial charge in [0.1, 0.15) is 6.04 Å². The normalized spacial score (nSPS) is 16.0. The molecule has 1 saturated heterocycles. The van der Waals surface area contributed by atoms with Crippen LogP contribution < -0.4 is 16.0 Å². The fraction of sp³-hybridized carbons (Fsp3) is 0.375. The lowest BCUT2D eigenvalue weighted by Crippen LogP contribution is -2.45. The number of sulfonamides is 1. The van der Waals surface area contributed by atoms with Gasteiger partial charge in [-0.1, -0.05) is 37.3 Å². The summed E-state index contributed by atoms with van der Waals surface area (Å²) in [6, 6.07) is 11.6. The maximum atomic E-state index is 13.4. The summed E-state index contributed by atoms with van der Waals surface area (Å²) in [5.74, 6) is 0.216. The van der Waals surface area contributed by atoms with Crippen molar-refractivity contribution >= 4 is 26.8 Å². The van der Waals surface area contributed by atoms with Crippen LogP contribution in [0.5, 0.6) is 0 Å². The number of rotatable bonds is 5. The molecule has 0 aliphatic carbocycles. The third-order valence-corrected chi connectivity index (χ3v) is 7.92. The fourth-order valence-corrected chi connectivity index (χ4v) is 5.49. The van der Waals surface area contributed by atoms with E-state index in [0.29, 0.717) is 30.1 Å². The Morgan fingerprint density at radius 3 is 2.29 bits per heavy atom. The van der Waals surface area contributed by atoms with Crippen molar-refractivity contribution in [2.75, 3.05) is 13.1 Å². The SMILES string of the molecule is CC1CCN(C(=O)[C@@H](NS(=O)(=O)c2ccc3c(c2)c(=O)n(C)c(=O)n3C)c2ccccc2)CC1. The van der Waals surface area contributed by atoms with Crippen molar-refractivity contribution in [2.45, 2.75) is 30.7 Å². The molecule has 0 radical (unpaired) electrons. The number of carbonyl (C=O) groups is 1. The number of aromatic nitrogens is 2. The molecule has 10 heteroatoms. The monoisotopic (exact) mass is 484 g/mol. The lowest BCUT2D eigenvalue weighted by Gasteiger charge is -2.33. The first-order valence-electron chi connectivity index (χ1n) is 11.2. The number of fused-ring (bicyclic) bond motifs is 1. The second kappa shape index (κ2) is 9.19. The molecule has 2 aromatic carbocycles. The van der Waals surface area contributed by atoms with Crippen LogP contribution in [0.4, 0.5) is 0 Å². The van der Waals surface area contributed by atoms with Gasteiger partial charge in [-0.25, -0.2) is 13.2 Å². The highest BCUT2D eigenvalue weighted by atomic mass is 32.2. The third-order valence-electron chi connectivity index (χ3n) is 6.50. The van der Waals surface area contributed by atoms with Gasteiger partial charge in [-0.2, -0.15) is 4.72 Å².